The number of fused-ring (bicyclic) bond motifs is 1. The van der Waals surface area contributed by atoms with Gasteiger partial charge in [0.25, 0.3) is 0 Å². The van der Waals surface area contributed by atoms with Gasteiger partial charge in [-0.05, 0) is 41.9 Å². The Labute approximate surface area is 158 Å². The average Bonchev–Trinajstić information content (AvgIpc) is 2.90. The predicted molar refractivity (Wildman–Crippen MR) is 108 cm³/mol. The Balaban J connectivity index is 1.81. The van der Waals surface area contributed by atoms with E-state index in [2.05, 4.69) is 62.9 Å². The summed E-state index contributed by atoms with van der Waals surface area (Å²) in [5.41, 5.74) is 3.94. The van der Waals surface area contributed by atoms with Crippen LogP contribution in [0.2, 0.25) is 0 Å². The van der Waals surface area contributed by atoms with Gasteiger partial charge < -0.3 is 14.2 Å². The highest BCUT2D eigenvalue weighted by molar-refractivity contribution is 5.61. The maximum Gasteiger partial charge on any atom is 0.147 e. The Morgan fingerprint density at radius 1 is 1.23 bits per heavy atom. The molecular weight excluding hydrogens is 324 g/mol. The summed E-state index contributed by atoms with van der Waals surface area (Å²) >= 11 is 0. The number of rotatable bonds is 12. The molecule has 0 heterocycles. The van der Waals surface area contributed by atoms with Gasteiger partial charge in [-0.3, -0.25) is 0 Å². The Bertz CT molecular complexity index is 603. The number of allylic oxidation sites excluding steroid dienone is 3. The molecule has 0 saturated carbocycles. The molecule has 2 atom stereocenters. The molecule has 0 aromatic heterocycles. The van der Waals surface area contributed by atoms with Crippen molar-refractivity contribution in [2.24, 2.45) is 5.92 Å². The van der Waals surface area contributed by atoms with E-state index in [-0.39, 0.29) is 6.10 Å². The van der Waals surface area contributed by atoms with E-state index in [9.17, 15) is 0 Å². The van der Waals surface area contributed by atoms with Gasteiger partial charge in [-0.2, -0.15) is 0 Å². The first-order chi connectivity index (χ1) is 12.7. The molecule has 1 aliphatic rings. The molecule has 142 valence electrons. The number of benzene rings is 1. The van der Waals surface area contributed by atoms with Gasteiger partial charge in [0.1, 0.15) is 6.79 Å². The zero-order valence-electron chi connectivity index (χ0n) is 16.2. The van der Waals surface area contributed by atoms with E-state index < -0.39 is 0 Å². The normalized spacial score (nSPS) is 15.3. The maximum absolute atomic E-state index is 6.25. The van der Waals surface area contributed by atoms with Crippen LogP contribution in [0.25, 0.3) is 6.08 Å². The summed E-state index contributed by atoms with van der Waals surface area (Å²) in [5.74, 6) is 0.435. The van der Waals surface area contributed by atoms with Crippen molar-refractivity contribution in [1.29, 1.82) is 0 Å². The van der Waals surface area contributed by atoms with E-state index in [4.69, 9.17) is 14.2 Å². The molecule has 3 nitrogen and oxygen atoms in total. The van der Waals surface area contributed by atoms with Crippen molar-refractivity contribution in [1.82, 2.24) is 0 Å². The van der Waals surface area contributed by atoms with E-state index in [0.717, 1.165) is 19.3 Å². The Hall–Kier alpha value is -1.68. The zero-order chi connectivity index (χ0) is 18.6. The van der Waals surface area contributed by atoms with Crippen molar-refractivity contribution >= 4 is 6.08 Å². The van der Waals surface area contributed by atoms with Crippen LogP contribution in [-0.2, 0) is 27.2 Å². The van der Waals surface area contributed by atoms with Crippen molar-refractivity contribution in [3.05, 3.63) is 65.8 Å². The lowest BCUT2D eigenvalue weighted by atomic mass is 9.99. The molecule has 1 aromatic carbocycles. The minimum atomic E-state index is 0.242. The van der Waals surface area contributed by atoms with Crippen molar-refractivity contribution in [2.45, 2.75) is 45.8 Å². The number of hydrogen-bond donors (Lipinski definition) is 0. The summed E-state index contributed by atoms with van der Waals surface area (Å²) in [6, 6.07) is 6.50. The van der Waals surface area contributed by atoms with Crippen LogP contribution in [0.5, 0.6) is 0 Å². The second kappa shape index (κ2) is 11.8. The molecule has 3 heteroatoms. The van der Waals surface area contributed by atoms with Crippen molar-refractivity contribution in [3.63, 3.8) is 0 Å². The summed E-state index contributed by atoms with van der Waals surface area (Å²) in [4.78, 5) is 0. The molecule has 2 rings (SSSR count). The zero-order valence-corrected chi connectivity index (χ0v) is 16.2. The molecule has 0 amide bonds. The fraction of sp³-hybridized carbons (Fsp3) is 0.478. The van der Waals surface area contributed by atoms with Crippen LogP contribution in [0.4, 0.5) is 0 Å². The van der Waals surface area contributed by atoms with Crippen molar-refractivity contribution in [3.8, 4) is 0 Å². The lowest BCUT2D eigenvalue weighted by Crippen LogP contribution is -2.19. The van der Waals surface area contributed by atoms with Gasteiger partial charge in [0, 0.05) is 0 Å². The summed E-state index contributed by atoms with van der Waals surface area (Å²) in [6.07, 6.45) is 13.6. The first kappa shape index (κ1) is 20.6. The summed E-state index contributed by atoms with van der Waals surface area (Å²) < 4.78 is 17.0. The van der Waals surface area contributed by atoms with Gasteiger partial charge in [-0.15, -0.1) is 6.58 Å². The van der Waals surface area contributed by atoms with Gasteiger partial charge in [0.05, 0.1) is 25.9 Å². The highest BCUT2D eigenvalue weighted by Crippen LogP contribution is 2.22. The Morgan fingerprint density at radius 3 is 2.92 bits per heavy atom. The van der Waals surface area contributed by atoms with Gasteiger partial charge >= 0.3 is 0 Å². The summed E-state index contributed by atoms with van der Waals surface area (Å²) in [6.45, 7) is 10.2. The third-order valence-electron chi connectivity index (χ3n) is 4.53. The van der Waals surface area contributed by atoms with Gasteiger partial charge in [0.2, 0.25) is 0 Å². The lowest BCUT2D eigenvalue weighted by molar-refractivity contribution is -0.0616. The quantitative estimate of drug-likeness (QED) is 0.288. The maximum atomic E-state index is 6.25. The molecule has 0 saturated heterocycles. The second-order valence-electron chi connectivity index (χ2n) is 6.81. The van der Waals surface area contributed by atoms with E-state index in [1.165, 1.54) is 16.7 Å². The Morgan fingerprint density at radius 2 is 2.12 bits per heavy atom. The molecule has 0 aliphatic heterocycles. The third-order valence-corrected chi connectivity index (χ3v) is 4.53. The molecule has 0 bridgehead atoms. The molecular formula is C23H32O3. The minimum Gasteiger partial charge on any atom is -0.374 e. The van der Waals surface area contributed by atoms with Crippen LogP contribution in [0.15, 0.2) is 49.1 Å². The first-order valence-corrected chi connectivity index (χ1v) is 9.56. The second-order valence-corrected chi connectivity index (χ2v) is 6.81. The van der Waals surface area contributed by atoms with E-state index in [1.807, 2.05) is 0 Å². The largest absolute Gasteiger partial charge is 0.374 e. The highest BCUT2D eigenvalue weighted by atomic mass is 16.7. The molecule has 0 N–H and O–H groups in total. The van der Waals surface area contributed by atoms with Crippen LogP contribution in [0.1, 0.15) is 43.4 Å². The van der Waals surface area contributed by atoms with E-state index >= 15 is 0 Å². The highest BCUT2D eigenvalue weighted by Gasteiger charge is 2.14. The van der Waals surface area contributed by atoms with Gasteiger partial charge in [0.15, 0.2) is 0 Å². The third kappa shape index (κ3) is 6.91. The summed E-state index contributed by atoms with van der Waals surface area (Å²) in [7, 11) is 0. The SMILES string of the molecule is C=CCOCOC[C@@H](C)C[C@H](CC)OCc1cccc2c1C=CC=CC2. The lowest BCUT2D eigenvalue weighted by Gasteiger charge is -2.21. The summed E-state index contributed by atoms with van der Waals surface area (Å²) in [5, 5.41) is 0. The van der Waals surface area contributed by atoms with Crippen LogP contribution in [-0.4, -0.2) is 26.1 Å². The molecule has 0 radical (unpaired) electrons. The molecule has 0 fully saturated rings. The molecule has 0 spiro atoms. The molecule has 1 aliphatic carbocycles. The van der Waals surface area contributed by atoms with Crippen molar-refractivity contribution < 1.29 is 14.2 Å². The van der Waals surface area contributed by atoms with Crippen LogP contribution >= 0.6 is 0 Å². The van der Waals surface area contributed by atoms with Crippen LogP contribution < -0.4 is 0 Å². The first-order valence-electron chi connectivity index (χ1n) is 9.56. The van der Waals surface area contributed by atoms with Gasteiger partial charge in [-0.1, -0.05) is 62.4 Å². The van der Waals surface area contributed by atoms with Crippen LogP contribution in [0, 0.1) is 5.92 Å². The van der Waals surface area contributed by atoms with E-state index in [0.29, 0.717) is 32.5 Å². The monoisotopic (exact) mass is 356 g/mol. The fourth-order valence-electron chi connectivity index (χ4n) is 3.13. The number of ether oxygens (including phenoxy) is 3. The standard InChI is InChI=1S/C23H32O3/c1-4-14-24-18-25-16-19(3)15-22(5-2)26-17-21-12-9-11-20-10-7-6-8-13-23(20)21/h4,6-9,11-13,19,22H,1,5,10,14-18H2,2-3H3/t19-,22-/m0/s1. The fourth-order valence-corrected chi connectivity index (χ4v) is 3.13. The average molecular weight is 357 g/mol. The molecule has 1 aromatic rings. The molecule has 0 unspecified atom stereocenters. The van der Waals surface area contributed by atoms with Crippen molar-refractivity contribution in [2.75, 3.05) is 20.0 Å². The van der Waals surface area contributed by atoms with E-state index in [1.54, 1.807) is 6.08 Å². The molecule has 26 heavy (non-hydrogen) atoms. The minimum absolute atomic E-state index is 0.242. The predicted octanol–water partition coefficient (Wildman–Crippen LogP) is 5.31. The van der Waals surface area contributed by atoms with Gasteiger partial charge in [-0.25, -0.2) is 0 Å². The van der Waals surface area contributed by atoms with Crippen LogP contribution in [0.3, 0.4) is 0 Å². The Kier molecular flexibility index (Phi) is 9.40. The number of hydrogen-bond acceptors (Lipinski definition) is 3. The topological polar surface area (TPSA) is 27.7 Å². The smallest absolute Gasteiger partial charge is 0.147 e.